The number of ether oxygens (including phenoxy) is 3. The average molecular weight is 488 g/mol. The molecule has 0 bridgehead atoms. The molecule has 0 amide bonds. The van der Waals surface area contributed by atoms with Crippen LogP contribution >= 0.6 is 12.2 Å². The monoisotopic (exact) mass is 487 g/mol. The molecule has 4 aromatic rings. The van der Waals surface area contributed by atoms with Crippen LogP contribution in [0.2, 0.25) is 0 Å². The Bertz CT molecular complexity index is 1420. The molecular formula is C27H25N3O4S. The molecule has 1 aromatic heterocycles. The molecule has 35 heavy (non-hydrogen) atoms. The fourth-order valence-corrected chi connectivity index (χ4v) is 4.30. The predicted molar refractivity (Wildman–Crippen MR) is 140 cm³/mol. The zero-order chi connectivity index (χ0) is 24.2. The Morgan fingerprint density at radius 2 is 1.71 bits per heavy atom. The van der Waals surface area contributed by atoms with E-state index < -0.39 is 0 Å². The van der Waals surface area contributed by atoms with Crippen molar-refractivity contribution >= 4 is 33.9 Å². The maximum absolute atomic E-state index is 13.0. The van der Waals surface area contributed by atoms with Crippen LogP contribution < -0.4 is 25.1 Å². The van der Waals surface area contributed by atoms with Gasteiger partial charge in [-0.2, -0.15) is 0 Å². The first kappa shape index (κ1) is 22.7. The number of aromatic nitrogens is 1. The molecule has 2 heterocycles. The summed E-state index contributed by atoms with van der Waals surface area (Å²) in [4.78, 5) is 18.0. The largest absolute Gasteiger partial charge is 0.495 e. The second-order valence-corrected chi connectivity index (χ2v) is 8.57. The number of H-pyrrole nitrogens is 1. The summed E-state index contributed by atoms with van der Waals surface area (Å²) in [5, 5.41) is 4.64. The van der Waals surface area contributed by atoms with Gasteiger partial charge in [-0.3, -0.25) is 4.79 Å². The molecule has 0 radical (unpaired) electrons. The lowest BCUT2D eigenvalue weighted by molar-refractivity contribution is 0.172. The number of hydrogen-bond donors (Lipinski definition) is 2. The van der Waals surface area contributed by atoms with E-state index >= 15 is 0 Å². The van der Waals surface area contributed by atoms with Crippen molar-refractivity contribution in [1.82, 2.24) is 9.88 Å². The van der Waals surface area contributed by atoms with E-state index in [4.69, 9.17) is 26.4 Å². The first-order valence-corrected chi connectivity index (χ1v) is 11.7. The maximum Gasteiger partial charge on any atom is 0.253 e. The molecule has 0 saturated heterocycles. The minimum absolute atomic E-state index is 0.174. The van der Waals surface area contributed by atoms with Crippen molar-refractivity contribution in [1.29, 1.82) is 0 Å². The number of anilines is 1. The Morgan fingerprint density at radius 1 is 1.00 bits per heavy atom. The summed E-state index contributed by atoms with van der Waals surface area (Å²) in [7, 11) is 1.62. The van der Waals surface area contributed by atoms with Crippen molar-refractivity contribution in [2.75, 3.05) is 25.6 Å². The van der Waals surface area contributed by atoms with Gasteiger partial charge in [0.05, 0.1) is 24.9 Å². The second-order valence-electron chi connectivity index (χ2n) is 8.18. The topological polar surface area (TPSA) is 75.8 Å². The molecule has 0 saturated carbocycles. The van der Waals surface area contributed by atoms with Crippen molar-refractivity contribution in [2.45, 2.75) is 13.1 Å². The molecule has 0 aliphatic carbocycles. The fourth-order valence-electron chi connectivity index (χ4n) is 4.06. The molecular weight excluding hydrogens is 462 g/mol. The van der Waals surface area contributed by atoms with Crippen LogP contribution in [-0.4, -0.2) is 35.3 Å². The number of thiocarbonyl (C=S) groups is 1. The van der Waals surface area contributed by atoms with Crippen LogP contribution in [0.5, 0.6) is 17.2 Å². The molecule has 0 unspecified atom stereocenters. The van der Waals surface area contributed by atoms with E-state index in [9.17, 15) is 4.79 Å². The highest BCUT2D eigenvalue weighted by molar-refractivity contribution is 7.80. The summed E-state index contributed by atoms with van der Waals surface area (Å²) >= 11 is 5.79. The second kappa shape index (κ2) is 10.1. The minimum atomic E-state index is -0.174. The Labute approximate surface area is 208 Å². The summed E-state index contributed by atoms with van der Waals surface area (Å²) in [5.41, 5.74) is 2.96. The van der Waals surface area contributed by atoms with E-state index in [2.05, 4.69) is 10.3 Å². The molecule has 1 aliphatic rings. The molecule has 0 spiro atoms. The number of benzene rings is 3. The van der Waals surface area contributed by atoms with Crippen LogP contribution in [0.15, 0.2) is 77.6 Å². The quantitative estimate of drug-likeness (QED) is 0.382. The van der Waals surface area contributed by atoms with Crippen LogP contribution in [0.3, 0.4) is 0 Å². The highest BCUT2D eigenvalue weighted by Gasteiger charge is 2.18. The molecule has 2 N–H and O–H groups in total. The molecule has 8 heteroatoms. The van der Waals surface area contributed by atoms with Crippen molar-refractivity contribution in [3.63, 3.8) is 0 Å². The van der Waals surface area contributed by atoms with Gasteiger partial charge in [-0.15, -0.1) is 0 Å². The first-order valence-electron chi connectivity index (χ1n) is 11.3. The Kier molecular flexibility index (Phi) is 6.54. The zero-order valence-corrected chi connectivity index (χ0v) is 20.1. The number of nitrogens with zero attached hydrogens (tertiary/aromatic N) is 1. The summed E-state index contributed by atoms with van der Waals surface area (Å²) in [5.74, 6) is 2.00. The highest BCUT2D eigenvalue weighted by atomic mass is 32.1. The first-order chi connectivity index (χ1) is 17.1. The van der Waals surface area contributed by atoms with E-state index in [0.29, 0.717) is 59.7 Å². The van der Waals surface area contributed by atoms with Gasteiger partial charge in [0.2, 0.25) is 0 Å². The van der Waals surface area contributed by atoms with E-state index in [-0.39, 0.29) is 5.56 Å². The number of rotatable bonds is 6. The standard InChI is InChI=1S/C27H25N3O4S/c1-32-23-10-6-5-9-21(23)29-27(35)30(16-18-7-3-2-4-8-18)17-20-13-19-14-24-25(34-12-11-33-24)15-22(19)28-26(20)31/h2-10,13-15H,11-12,16-17H2,1H3,(H,28,31)(H,29,35). The van der Waals surface area contributed by atoms with Gasteiger partial charge in [0.25, 0.3) is 5.56 Å². The summed E-state index contributed by atoms with van der Waals surface area (Å²) < 4.78 is 16.8. The maximum atomic E-state index is 13.0. The summed E-state index contributed by atoms with van der Waals surface area (Å²) in [6.07, 6.45) is 0. The minimum Gasteiger partial charge on any atom is -0.495 e. The normalized spacial score (nSPS) is 12.3. The lowest BCUT2D eigenvalue weighted by Gasteiger charge is -2.26. The number of hydrogen-bond acceptors (Lipinski definition) is 5. The molecule has 5 rings (SSSR count). The zero-order valence-electron chi connectivity index (χ0n) is 19.2. The van der Waals surface area contributed by atoms with Gasteiger partial charge in [-0.1, -0.05) is 42.5 Å². The van der Waals surface area contributed by atoms with Gasteiger partial charge >= 0.3 is 0 Å². The van der Waals surface area contributed by atoms with Gasteiger partial charge < -0.3 is 29.4 Å². The molecule has 3 aromatic carbocycles. The third kappa shape index (κ3) is 5.07. The van der Waals surface area contributed by atoms with E-state index in [1.807, 2.05) is 77.7 Å². The lowest BCUT2D eigenvalue weighted by atomic mass is 10.1. The van der Waals surface area contributed by atoms with Gasteiger partial charge in [0.15, 0.2) is 16.6 Å². The Morgan fingerprint density at radius 3 is 2.49 bits per heavy atom. The number of pyridine rings is 1. The van der Waals surface area contributed by atoms with E-state index in [1.165, 1.54) is 0 Å². The van der Waals surface area contributed by atoms with Crippen LogP contribution in [-0.2, 0) is 13.1 Å². The van der Waals surface area contributed by atoms with Crippen LogP contribution in [0.1, 0.15) is 11.1 Å². The predicted octanol–water partition coefficient (Wildman–Crippen LogP) is 4.71. The molecule has 0 fully saturated rings. The van der Waals surface area contributed by atoms with Crippen LogP contribution in [0, 0.1) is 0 Å². The number of fused-ring (bicyclic) bond motifs is 2. The lowest BCUT2D eigenvalue weighted by Crippen LogP contribution is -2.35. The number of nitrogens with one attached hydrogen (secondary N) is 2. The smallest absolute Gasteiger partial charge is 0.253 e. The highest BCUT2D eigenvalue weighted by Crippen LogP contribution is 2.33. The average Bonchev–Trinajstić information content (AvgIpc) is 2.88. The van der Waals surface area contributed by atoms with Crippen molar-refractivity contribution in [2.24, 2.45) is 0 Å². The van der Waals surface area contributed by atoms with Crippen LogP contribution in [0.4, 0.5) is 5.69 Å². The van der Waals surface area contributed by atoms with Crippen LogP contribution in [0.25, 0.3) is 10.9 Å². The summed E-state index contributed by atoms with van der Waals surface area (Å²) in [6, 6.07) is 23.2. The molecule has 7 nitrogen and oxygen atoms in total. The SMILES string of the molecule is COc1ccccc1NC(=S)N(Cc1ccccc1)Cc1cc2cc3c(cc2[nH]c1=O)OCCO3. The Hall–Kier alpha value is -4.04. The number of aromatic amines is 1. The summed E-state index contributed by atoms with van der Waals surface area (Å²) in [6.45, 7) is 1.84. The third-order valence-corrected chi connectivity index (χ3v) is 6.16. The number of methoxy groups -OCH3 is 1. The molecule has 1 aliphatic heterocycles. The van der Waals surface area contributed by atoms with Crippen molar-refractivity contribution in [3.05, 3.63) is 94.3 Å². The van der Waals surface area contributed by atoms with Gasteiger partial charge in [0.1, 0.15) is 19.0 Å². The van der Waals surface area contributed by atoms with E-state index in [0.717, 1.165) is 16.6 Å². The fraction of sp³-hybridized carbons (Fsp3) is 0.185. The Balaban J connectivity index is 1.47. The molecule has 178 valence electrons. The van der Waals surface area contributed by atoms with Gasteiger partial charge in [-0.25, -0.2) is 0 Å². The van der Waals surface area contributed by atoms with Gasteiger partial charge in [0, 0.05) is 23.6 Å². The van der Waals surface area contributed by atoms with E-state index in [1.54, 1.807) is 7.11 Å². The van der Waals surface area contributed by atoms with Crippen molar-refractivity contribution < 1.29 is 14.2 Å². The molecule has 0 atom stereocenters. The van der Waals surface area contributed by atoms with Crippen molar-refractivity contribution in [3.8, 4) is 17.2 Å². The number of para-hydroxylation sites is 2. The third-order valence-electron chi connectivity index (χ3n) is 5.80. The van der Waals surface area contributed by atoms with Gasteiger partial charge in [-0.05, 0) is 42.0 Å².